The van der Waals surface area contributed by atoms with Crippen LogP contribution in [0.1, 0.15) is 22.3 Å². The van der Waals surface area contributed by atoms with Crippen LogP contribution >= 0.6 is 34.0 Å². The van der Waals surface area contributed by atoms with E-state index in [9.17, 15) is 28.8 Å². The number of carbonyl (C=O) groups excluding carboxylic acids is 2. The van der Waals surface area contributed by atoms with Crippen LogP contribution in [0, 0.1) is 0 Å². The van der Waals surface area contributed by atoms with Crippen LogP contribution in [0.2, 0.25) is 0 Å². The Morgan fingerprint density at radius 1 is 0.517 bits per heavy atom. The highest BCUT2D eigenvalue weighted by molar-refractivity contribution is 7.33. The third-order valence-corrected chi connectivity index (χ3v) is 13.7. The maximum atomic E-state index is 15.0. The summed E-state index contributed by atoms with van der Waals surface area (Å²) in [5.41, 5.74) is -2.23. The molecular formula is C45H24N2O8S3. The second-order valence-corrected chi connectivity index (χ2v) is 16.7. The van der Waals surface area contributed by atoms with Crippen LogP contribution in [0.5, 0.6) is 0 Å². The summed E-state index contributed by atoms with van der Waals surface area (Å²) < 4.78 is 13.2. The molecule has 0 radical (unpaired) electrons. The molecule has 58 heavy (non-hydrogen) atoms. The quantitative estimate of drug-likeness (QED) is 0.121. The van der Waals surface area contributed by atoms with Gasteiger partial charge in [0.1, 0.15) is 23.2 Å². The van der Waals surface area contributed by atoms with Crippen LogP contribution in [0.25, 0.3) is 40.7 Å². The van der Waals surface area contributed by atoms with Gasteiger partial charge in [-0.15, -0.1) is 34.0 Å². The molecule has 0 saturated heterocycles. The van der Waals surface area contributed by atoms with Gasteiger partial charge in [-0.05, 0) is 23.3 Å². The molecule has 13 heteroatoms. The Hall–Kier alpha value is -6.80. The van der Waals surface area contributed by atoms with Crippen LogP contribution in [0.15, 0.2) is 150 Å². The van der Waals surface area contributed by atoms with E-state index in [0.717, 1.165) is 22.7 Å². The van der Waals surface area contributed by atoms with Gasteiger partial charge in [0.05, 0.1) is 14.5 Å². The van der Waals surface area contributed by atoms with E-state index in [2.05, 4.69) is 9.98 Å². The fourth-order valence-electron chi connectivity index (χ4n) is 7.52. The number of esters is 2. The lowest BCUT2D eigenvalue weighted by molar-refractivity contribution is -0.164. The number of carbonyl (C=O) groups is 2. The van der Waals surface area contributed by atoms with Gasteiger partial charge in [-0.25, -0.2) is 9.98 Å². The lowest BCUT2D eigenvalue weighted by Crippen LogP contribution is -2.45. The van der Waals surface area contributed by atoms with Crippen molar-refractivity contribution in [2.45, 2.75) is 18.6 Å². The van der Waals surface area contributed by atoms with Gasteiger partial charge in [0.2, 0.25) is 27.1 Å². The number of rotatable bonds is 8. The molecular weight excluding hydrogens is 793 g/mol. The van der Waals surface area contributed by atoms with Gasteiger partial charge in [0.15, 0.2) is 10.7 Å². The van der Waals surface area contributed by atoms with Gasteiger partial charge in [0, 0.05) is 37.4 Å². The highest BCUT2D eigenvalue weighted by atomic mass is 32.1. The second kappa shape index (κ2) is 13.7. The molecule has 1 aliphatic rings. The third-order valence-electron chi connectivity index (χ3n) is 10.2. The molecule has 0 fully saturated rings. The first-order valence-corrected chi connectivity index (χ1v) is 20.4. The number of benzene rings is 4. The molecule has 0 spiro atoms. The van der Waals surface area contributed by atoms with Gasteiger partial charge in [-0.1, -0.05) is 109 Å². The summed E-state index contributed by atoms with van der Waals surface area (Å²) in [4.78, 5) is 93.4. The zero-order valence-corrected chi connectivity index (χ0v) is 32.3. The highest BCUT2D eigenvalue weighted by Gasteiger charge is 2.61. The Labute approximate surface area is 337 Å². The second-order valence-electron chi connectivity index (χ2n) is 13.6. The monoisotopic (exact) mass is 816 g/mol. The Morgan fingerprint density at radius 2 is 0.948 bits per heavy atom. The van der Waals surface area contributed by atoms with Crippen molar-refractivity contribution >= 4 is 86.9 Å². The minimum absolute atomic E-state index is 0.153. The highest BCUT2D eigenvalue weighted by Crippen LogP contribution is 2.62. The predicted molar refractivity (Wildman–Crippen MR) is 224 cm³/mol. The van der Waals surface area contributed by atoms with Crippen LogP contribution in [-0.4, -0.2) is 11.9 Å². The number of fused-ring (bicyclic) bond motifs is 7. The Kier molecular flexibility index (Phi) is 8.41. The maximum absolute atomic E-state index is 15.0. The lowest BCUT2D eigenvalue weighted by atomic mass is 9.79. The molecule has 9 aromatic rings. The SMILES string of the molecule is O=C(OCc1ccccc1)C1(C(=O)OCc2ccccc2)c2cc(N=c3c(=O)c4ccccc4c3=O)sc2-c2sc3cc(N=c4c(=O)c5ccccc5c4=O)sc3c21. The van der Waals surface area contributed by atoms with E-state index in [1.807, 2.05) is 36.4 Å². The van der Waals surface area contributed by atoms with Crippen LogP contribution in [-0.2, 0) is 37.7 Å². The molecule has 0 aliphatic heterocycles. The van der Waals surface area contributed by atoms with Crippen molar-refractivity contribution in [2.24, 2.45) is 9.98 Å². The van der Waals surface area contributed by atoms with Crippen molar-refractivity contribution in [3.63, 3.8) is 0 Å². The van der Waals surface area contributed by atoms with Gasteiger partial charge in [-0.2, -0.15) is 0 Å². The first-order valence-electron chi connectivity index (χ1n) is 17.9. The van der Waals surface area contributed by atoms with Crippen molar-refractivity contribution in [3.8, 4) is 9.75 Å². The number of hydrogen-bond donors (Lipinski definition) is 0. The van der Waals surface area contributed by atoms with Gasteiger partial charge in [0.25, 0.3) is 0 Å². The summed E-state index contributed by atoms with van der Waals surface area (Å²) in [7, 11) is 0. The molecule has 280 valence electrons. The molecule has 3 heterocycles. The van der Waals surface area contributed by atoms with E-state index in [4.69, 9.17) is 9.47 Å². The van der Waals surface area contributed by atoms with E-state index < -0.39 is 39.1 Å². The van der Waals surface area contributed by atoms with Crippen LogP contribution < -0.4 is 32.4 Å². The van der Waals surface area contributed by atoms with Gasteiger partial charge in [-0.3, -0.25) is 28.8 Å². The summed E-state index contributed by atoms with van der Waals surface area (Å²) in [6, 6.07) is 34.4. The topological polar surface area (TPSA) is 146 Å². The molecule has 0 atom stereocenters. The zero-order valence-electron chi connectivity index (χ0n) is 29.8. The summed E-state index contributed by atoms with van der Waals surface area (Å²) >= 11 is 3.56. The van der Waals surface area contributed by atoms with Crippen molar-refractivity contribution < 1.29 is 19.1 Å². The smallest absolute Gasteiger partial charge is 0.333 e. The minimum Gasteiger partial charge on any atom is -0.459 e. The van der Waals surface area contributed by atoms with Crippen LogP contribution in [0.4, 0.5) is 10.0 Å². The zero-order chi connectivity index (χ0) is 39.7. The molecule has 10 nitrogen and oxygen atoms in total. The Morgan fingerprint density at radius 3 is 1.41 bits per heavy atom. The molecule has 10 rings (SSSR count). The molecule has 0 bridgehead atoms. The first-order chi connectivity index (χ1) is 28.2. The molecule has 3 aromatic heterocycles. The lowest BCUT2D eigenvalue weighted by Gasteiger charge is -2.26. The standard InChI is InChI=1S/C45H24N2O8S3/c48-36-25-15-7-8-16-26(25)37(49)34(36)46-31-19-29-40(57-31)42-33(41-30(56-42)20-32(58-41)47-35-38(50)27-17-9-10-18-28(27)39(35)51)45(29,43(52)54-21-23-11-3-1-4-12-23)44(53)55-22-24-13-5-2-6-14-24/h1-20H,21-22H2. The fourth-order valence-corrected chi connectivity index (χ4v) is 11.4. The molecule has 0 N–H and O–H groups in total. The van der Waals surface area contributed by atoms with Crippen molar-refractivity contribution in [3.05, 3.63) is 195 Å². The number of ether oxygens (including phenoxy) is 2. The van der Waals surface area contributed by atoms with Crippen molar-refractivity contribution in [2.75, 3.05) is 0 Å². The largest absolute Gasteiger partial charge is 0.459 e. The third kappa shape index (κ3) is 5.42. The van der Waals surface area contributed by atoms with E-state index >= 15 is 0 Å². The fraction of sp³-hybridized carbons (Fsp3) is 0.0667. The average Bonchev–Trinajstić information content (AvgIpc) is 4.07. The summed E-state index contributed by atoms with van der Waals surface area (Å²) in [6.07, 6.45) is 0. The number of hydrogen-bond acceptors (Lipinski definition) is 13. The molecule has 0 saturated carbocycles. The first kappa shape index (κ1) is 35.6. The van der Waals surface area contributed by atoms with E-state index in [-0.39, 0.29) is 56.0 Å². The van der Waals surface area contributed by atoms with E-state index in [0.29, 0.717) is 40.8 Å². The Bertz CT molecular complexity index is 3340. The summed E-state index contributed by atoms with van der Waals surface area (Å²) in [5.74, 6) is -1.80. The number of thiophene rings is 3. The number of nitrogens with zero attached hydrogens (tertiary/aromatic N) is 2. The molecule has 0 amide bonds. The Balaban J connectivity index is 1.19. The summed E-state index contributed by atoms with van der Waals surface area (Å²) in [6.45, 7) is -0.306. The average molecular weight is 817 g/mol. The maximum Gasteiger partial charge on any atom is 0.333 e. The van der Waals surface area contributed by atoms with Crippen molar-refractivity contribution in [1.29, 1.82) is 0 Å². The van der Waals surface area contributed by atoms with Crippen LogP contribution in [0.3, 0.4) is 0 Å². The normalized spacial score (nSPS) is 12.8. The molecule has 1 aliphatic carbocycles. The molecule has 6 aromatic carbocycles. The van der Waals surface area contributed by atoms with Gasteiger partial charge >= 0.3 is 11.9 Å². The predicted octanol–water partition coefficient (Wildman–Crippen LogP) is 6.74. The van der Waals surface area contributed by atoms with E-state index in [1.165, 1.54) is 11.3 Å². The van der Waals surface area contributed by atoms with Gasteiger partial charge < -0.3 is 9.47 Å². The van der Waals surface area contributed by atoms with E-state index in [1.54, 1.807) is 84.9 Å². The van der Waals surface area contributed by atoms with Crippen molar-refractivity contribution in [1.82, 2.24) is 0 Å². The summed E-state index contributed by atoms with van der Waals surface area (Å²) in [5, 5.41) is 1.15. The minimum atomic E-state index is -2.18. The molecule has 0 unspecified atom stereocenters.